The van der Waals surface area contributed by atoms with Crippen molar-refractivity contribution in [1.82, 2.24) is 9.27 Å². The van der Waals surface area contributed by atoms with E-state index >= 15 is 0 Å². The summed E-state index contributed by atoms with van der Waals surface area (Å²) in [4.78, 5) is 27.5. The molecule has 2 aromatic carbocycles. The predicted molar refractivity (Wildman–Crippen MR) is 123 cm³/mol. The smallest absolute Gasteiger partial charge is 0.267 e. The van der Waals surface area contributed by atoms with E-state index in [1.165, 1.54) is 16.4 Å². The molecule has 0 bridgehead atoms. The molecule has 0 aliphatic heterocycles. The highest BCUT2D eigenvalue weighted by atomic mass is 35.5. The van der Waals surface area contributed by atoms with Gasteiger partial charge < -0.3 is 15.3 Å². The van der Waals surface area contributed by atoms with Gasteiger partial charge in [0.2, 0.25) is 0 Å². The zero-order valence-electron chi connectivity index (χ0n) is 17.0. The Morgan fingerprint density at radius 1 is 1.23 bits per heavy atom. The van der Waals surface area contributed by atoms with Gasteiger partial charge in [0, 0.05) is 30.4 Å². The van der Waals surface area contributed by atoms with E-state index in [0.717, 1.165) is 29.7 Å². The second-order valence-corrected chi connectivity index (χ2v) is 8.69. The highest BCUT2D eigenvalue weighted by molar-refractivity contribution is 7.08. The molecule has 0 radical (unpaired) electrons. The number of amides is 2. The number of anilines is 1. The number of hydrogen-bond acceptors (Lipinski definition) is 5. The number of carbonyl (C=O) groups is 2. The minimum atomic E-state index is -0.289. The van der Waals surface area contributed by atoms with E-state index in [1.54, 1.807) is 25.2 Å². The fraction of sp³-hybridized carbons (Fsp3) is 0.261. The number of benzene rings is 2. The Bertz CT molecular complexity index is 1110. The average Bonchev–Trinajstić information content (AvgIpc) is 3.51. The van der Waals surface area contributed by atoms with Gasteiger partial charge in [0.25, 0.3) is 11.8 Å². The minimum Gasteiger partial charge on any atom is -0.395 e. The molecule has 6 nitrogen and oxygen atoms in total. The highest BCUT2D eigenvalue weighted by Gasteiger charge is 2.33. The van der Waals surface area contributed by atoms with Crippen LogP contribution >= 0.6 is 23.1 Å². The second kappa shape index (κ2) is 9.18. The van der Waals surface area contributed by atoms with Gasteiger partial charge in [0.05, 0.1) is 22.9 Å². The van der Waals surface area contributed by atoms with Crippen LogP contribution in [0.4, 0.5) is 5.69 Å². The van der Waals surface area contributed by atoms with Crippen LogP contribution in [0.15, 0.2) is 48.5 Å². The van der Waals surface area contributed by atoms with Crippen LogP contribution in [-0.4, -0.2) is 46.4 Å². The molecule has 2 amide bonds. The lowest BCUT2D eigenvalue weighted by atomic mass is 10.0. The Labute approximate surface area is 189 Å². The van der Waals surface area contributed by atoms with E-state index in [1.807, 2.05) is 30.3 Å². The molecule has 1 heterocycles. The van der Waals surface area contributed by atoms with Crippen molar-refractivity contribution < 1.29 is 14.7 Å². The standard InChI is InChI=1S/C23H22ClN3O3S/c1-27(11-12-28)23(30)17-10-9-16(13-18(17)24)25-22(29)21-19(14-7-8-14)20(26-31-21)15-5-3-2-4-6-15/h2-6,9-10,13-14,28H,7-8,11-12H2,1H3,(H,25,29). The fourth-order valence-corrected chi connectivity index (χ4v) is 4.57. The second-order valence-electron chi connectivity index (χ2n) is 7.51. The van der Waals surface area contributed by atoms with Crippen molar-refractivity contribution in [2.24, 2.45) is 0 Å². The van der Waals surface area contributed by atoms with Gasteiger partial charge in [-0.1, -0.05) is 41.9 Å². The first-order valence-corrected chi connectivity index (χ1v) is 11.2. The summed E-state index contributed by atoms with van der Waals surface area (Å²) in [5.41, 5.74) is 3.73. The summed E-state index contributed by atoms with van der Waals surface area (Å²) in [6, 6.07) is 14.7. The highest BCUT2D eigenvalue weighted by Crippen LogP contribution is 2.47. The number of aromatic nitrogens is 1. The van der Waals surface area contributed by atoms with Gasteiger partial charge in [-0.15, -0.1) is 0 Å². The number of aliphatic hydroxyl groups excluding tert-OH is 1. The Balaban J connectivity index is 1.56. The summed E-state index contributed by atoms with van der Waals surface area (Å²) < 4.78 is 4.59. The third kappa shape index (κ3) is 4.63. The van der Waals surface area contributed by atoms with Crippen LogP contribution in [0.1, 0.15) is 44.4 Å². The van der Waals surface area contributed by atoms with Gasteiger partial charge in [-0.3, -0.25) is 9.59 Å². The number of aliphatic hydroxyl groups is 1. The summed E-state index contributed by atoms with van der Waals surface area (Å²) in [5.74, 6) is -0.155. The molecule has 1 aliphatic rings. The van der Waals surface area contributed by atoms with Crippen molar-refractivity contribution >= 4 is 40.6 Å². The molecule has 8 heteroatoms. The quantitative estimate of drug-likeness (QED) is 0.543. The lowest BCUT2D eigenvalue weighted by Crippen LogP contribution is -2.29. The molecule has 1 fully saturated rings. The maximum absolute atomic E-state index is 13.0. The Hall–Kier alpha value is -2.74. The molecular weight excluding hydrogens is 434 g/mol. The Morgan fingerprint density at radius 2 is 1.97 bits per heavy atom. The molecule has 0 unspecified atom stereocenters. The van der Waals surface area contributed by atoms with Crippen molar-refractivity contribution in [3.8, 4) is 11.3 Å². The third-order valence-electron chi connectivity index (χ3n) is 5.21. The van der Waals surface area contributed by atoms with Crippen molar-refractivity contribution in [3.63, 3.8) is 0 Å². The van der Waals surface area contributed by atoms with E-state index < -0.39 is 0 Å². The number of nitrogens with zero attached hydrogens (tertiary/aromatic N) is 2. The number of rotatable bonds is 7. The molecular formula is C23H22ClN3O3S. The van der Waals surface area contributed by atoms with Gasteiger partial charge in [-0.2, -0.15) is 4.37 Å². The van der Waals surface area contributed by atoms with Crippen molar-refractivity contribution in [1.29, 1.82) is 0 Å². The monoisotopic (exact) mass is 455 g/mol. The number of hydrogen-bond donors (Lipinski definition) is 2. The zero-order chi connectivity index (χ0) is 22.0. The fourth-order valence-electron chi connectivity index (χ4n) is 3.43. The Kier molecular flexibility index (Phi) is 6.36. The first-order valence-electron chi connectivity index (χ1n) is 10.0. The van der Waals surface area contributed by atoms with Crippen LogP contribution in [0.5, 0.6) is 0 Å². The van der Waals surface area contributed by atoms with Gasteiger partial charge in [0.15, 0.2) is 0 Å². The van der Waals surface area contributed by atoms with Crippen LogP contribution < -0.4 is 5.32 Å². The topological polar surface area (TPSA) is 82.5 Å². The summed E-state index contributed by atoms with van der Waals surface area (Å²) in [6.07, 6.45) is 2.12. The first kappa shape index (κ1) is 21.5. The van der Waals surface area contributed by atoms with E-state index in [4.69, 9.17) is 16.7 Å². The first-order chi connectivity index (χ1) is 15.0. The molecule has 1 saturated carbocycles. The molecule has 2 N–H and O–H groups in total. The lowest BCUT2D eigenvalue weighted by molar-refractivity contribution is 0.0767. The van der Waals surface area contributed by atoms with Crippen molar-refractivity contribution in [3.05, 3.63) is 69.6 Å². The number of halogens is 1. The SMILES string of the molecule is CN(CCO)C(=O)c1ccc(NC(=O)c2snc(-c3ccccc3)c2C2CC2)cc1Cl. The van der Waals surface area contributed by atoms with E-state index in [9.17, 15) is 9.59 Å². The average molecular weight is 456 g/mol. The predicted octanol–water partition coefficient (Wildman–Crippen LogP) is 4.66. The van der Waals surface area contributed by atoms with E-state index in [2.05, 4.69) is 9.69 Å². The molecule has 0 spiro atoms. The van der Waals surface area contributed by atoms with Gasteiger partial charge in [0.1, 0.15) is 4.88 Å². The van der Waals surface area contributed by atoms with Gasteiger partial charge in [-0.25, -0.2) is 0 Å². The normalized spacial score (nSPS) is 13.1. The largest absolute Gasteiger partial charge is 0.395 e. The lowest BCUT2D eigenvalue weighted by Gasteiger charge is -2.17. The van der Waals surface area contributed by atoms with Crippen molar-refractivity contribution in [2.75, 3.05) is 25.5 Å². The molecule has 3 aromatic rings. The van der Waals surface area contributed by atoms with Crippen LogP contribution in [0, 0.1) is 0 Å². The third-order valence-corrected chi connectivity index (χ3v) is 6.38. The minimum absolute atomic E-state index is 0.128. The number of likely N-dealkylation sites (N-methyl/N-ethyl adjacent to an activating group) is 1. The molecule has 1 aromatic heterocycles. The number of nitrogens with one attached hydrogen (secondary N) is 1. The summed E-state index contributed by atoms with van der Waals surface area (Å²) in [7, 11) is 1.60. The van der Waals surface area contributed by atoms with Gasteiger partial charge in [-0.05, 0) is 48.5 Å². The van der Waals surface area contributed by atoms with Crippen LogP contribution in [0.25, 0.3) is 11.3 Å². The van der Waals surface area contributed by atoms with E-state index in [0.29, 0.717) is 22.0 Å². The summed E-state index contributed by atoms with van der Waals surface area (Å²) in [6.45, 7) is 0.0872. The summed E-state index contributed by atoms with van der Waals surface area (Å²) in [5, 5.41) is 12.1. The van der Waals surface area contributed by atoms with Crippen LogP contribution in [0.3, 0.4) is 0 Å². The molecule has 31 heavy (non-hydrogen) atoms. The molecule has 160 valence electrons. The van der Waals surface area contributed by atoms with Crippen LogP contribution in [0.2, 0.25) is 5.02 Å². The molecule has 0 atom stereocenters. The van der Waals surface area contributed by atoms with Gasteiger partial charge >= 0.3 is 0 Å². The maximum Gasteiger partial charge on any atom is 0.267 e. The molecule has 4 rings (SSSR count). The van der Waals surface area contributed by atoms with Crippen molar-refractivity contribution in [2.45, 2.75) is 18.8 Å². The molecule has 0 saturated heterocycles. The maximum atomic E-state index is 13.0. The van der Waals surface area contributed by atoms with Crippen LogP contribution in [-0.2, 0) is 0 Å². The molecule has 1 aliphatic carbocycles. The summed E-state index contributed by atoms with van der Waals surface area (Å²) >= 11 is 7.51. The zero-order valence-corrected chi connectivity index (χ0v) is 18.5. The Morgan fingerprint density at radius 3 is 2.61 bits per heavy atom. The van der Waals surface area contributed by atoms with E-state index in [-0.39, 0.29) is 30.0 Å². The number of carbonyl (C=O) groups excluding carboxylic acids is 2.